The molecule has 0 amide bonds. The van der Waals surface area contributed by atoms with E-state index in [-0.39, 0.29) is 0 Å². The molecule has 0 aliphatic rings. The molecule has 0 aliphatic heterocycles. The molecule has 0 aromatic heterocycles. The predicted octanol–water partition coefficient (Wildman–Crippen LogP) is 5.93. The molecule has 0 heterocycles. The molecule has 0 aromatic carbocycles. The van der Waals surface area contributed by atoms with Gasteiger partial charge in [0.2, 0.25) is 0 Å². The monoisotopic (exact) mass is 346 g/mol. The van der Waals surface area contributed by atoms with E-state index in [9.17, 15) is 0 Å². The van der Waals surface area contributed by atoms with Crippen molar-refractivity contribution < 1.29 is 9.57 Å². The van der Waals surface area contributed by atoms with E-state index in [1.165, 1.54) is 96.4 Å². The highest BCUT2D eigenvalue weighted by molar-refractivity contribution is 4.49. The standard InChI is InChI=1S/C19H42N.NO3/c1-5-6-7-8-9-10-11-12-13-14-15-16-17-18-19-20(2,3)4;2-1(3)4/h5-19H2,1-4H3;/q+1;-1. The van der Waals surface area contributed by atoms with Gasteiger partial charge in [0.05, 0.1) is 32.8 Å². The summed E-state index contributed by atoms with van der Waals surface area (Å²) in [5, 5.41) is 14.8. The molecule has 0 aromatic rings. The van der Waals surface area contributed by atoms with E-state index in [4.69, 9.17) is 15.3 Å². The lowest BCUT2D eigenvalue weighted by atomic mass is 10.0. The predicted molar refractivity (Wildman–Crippen MR) is 104 cm³/mol. The highest BCUT2D eigenvalue weighted by Crippen LogP contribution is 2.13. The first-order valence-corrected chi connectivity index (χ1v) is 9.91. The third kappa shape index (κ3) is 32.9. The van der Waals surface area contributed by atoms with E-state index in [1.54, 1.807) is 0 Å². The minimum atomic E-state index is -1.75. The highest BCUT2D eigenvalue weighted by Gasteiger charge is 2.04. The molecule has 24 heavy (non-hydrogen) atoms. The zero-order chi connectivity index (χ0) is 18.7. The topological polar surface area (TPSA) is 66.2 Å². The summed E-state index contributed by atoms with van der Waals surface area (Å²) in [5.41, 5.74) is 0. The SMILES string of the molecule is CCCCCCCCCCCCCCCC[N+](C)(C)C.O=[N+]([O-])[O-]. The minimum absolute atomic E-state index is 1.12. The van der Waals surface area contributed by atoms with Crippen molar-refractivity contribution in [3.05, 3.63) is 15.3 Å². The largest absolute Gasteiger partial charge is 0.356 e. The van der Waals surface area contributed by atoms with Crippen molar-refractivity contribution in [1.29, 1.82) is 0 Å². The van der Waals surface area contributed by atoms with Crippen molar-refractivity contribution in [1.82, 2.24) is 0 Å². The normalized spacial score (nSPS) is 11.0. The first-order chi connectivity index (χ1) is 11.3. The van der Waals surface area contributed by atoms with Crippen LogP contribution in [0.5, 0.6) is 0 Å². The first kappa shape index (κ1) is 25.4. The summed E-state index contributed by atoms with van der Waals surface area (Å²) in [7, 11) is 6.88. The molecule has 0 saturated heterocycles. The van der Waals surface area contributed by atoms with Gasteiger partial charge in [-0.2, -0.15) is 0 Å². The van der Waals surface area contributed by atoms with Gasteiger partial charge < -0.3 is 19.8 Å². The Bertz CT molecular complexity index is 262. The summed E-state index contributed by atoms with van der Waals surface area (Å²) in [6.45, 7) is 3.63. The number of rotatable bonds is 15. The maximum Gasteiger partial charge on any atom is 0.0780 e. The second kappa shape index (κ2) is 18.5. The molecule has 0 radical (unpaired) electrons. The van der Waals surface area contributed by atoms with Crippen LogP contribution < -0.4 is 0 Å². The molecule has 0 atom stereocenters. The summed E-state index contributed by atoms with van der Waals surface area (Å²) in [6, 6.07) is 0. The van der Waals surface area contributed by atoms with E-state index in [2.05, 4.69) is 28.1 Å². The Morgan fingerprint density at radius 3 is 1.12 bits per heavy atom. The van der Waals surface area contributed by atoms with Gasteiger partial charge in [0.25, 0.3) is 0 Å². The van der Waals surface area contributed by atoms with Crippen LogP contribution in [0.2, 0.25) is 0 Å². The number of hydrogen-bond donors (Lipinski definition) is 0. The van der Waals surface area contributed by atoms with Crippen molar-refractivity contribution in [2.75, 3.05) is 27.7 Å². The van der Waals surface area contributed by atoms with Crippen molar-refractivity contribution >= 4 is 0 Å². The Balaban J connectivity index is 0. The third-order valence-corrected chi connectivity index (χ3v) is 4.18. The smallest absolute Gasteiger partial charge is 0.0780 e. The maximum absolute atomic E-state index is 8.25. The average Bonchev–Trinajstić information content (AvgIpc) is 2.46. The fourth-order valence-corrected chi connectivity index (χ4v) is 2.78. The third-order valence-electron chi connectivity index (χ3n) is 4.18. The molecule has 0 rings (SSSR count). The van der Waals surface area contributed by atoms with Crippen LogP contribution >= 0.6 is 0 Å². The maximum atomic E-state index is 8.25. The van der Waals surface area contributed by atoms with Crippen LogP contribution in [0.1, 0.15) is 96.8 Å². The molecular weight excluding hydrogens is 304 g/mol. The lowest BCUT2D eigenvalue weighted by Gasteiger charge is -2.23. The van der Waals surface area contributed by atoms with Gasteiger partial charge in [-0.3, -0.25) is 0 Å². The Morgan fingerprint density at radius 2 is 0.875 bits per heavy atom. The number of hydrogen-bond acceptors (Lipinski definition) is 3. The summed E-state index contributed by atoms with van der Waals surface area (Å²) >= 11 is 0. The summed E-state index contributed by atoms with van der Waals surface area (Å²) in [4.78, 5) is 8.25. The highest BCUT2D eigenvalue weighted by atomic mass is 16.9. The van der Waals surface area contributed by atoms with E-state index < -0.39 is 5.09 Å². The lowest BCUT2D eigenvalue weighted by molar-refractivity contribution is -0.870. The molecule has 146 valence electrons. The van der Waals surface area contributed by atoms with Crippen LogP contribution in [-0.2, 0) is 0 Å². The van der Waals surface area contributed by atoms with Gasteiger partial charge in [-0.05, 0) is 12.8 Å². The van der Waals surface area contributed by atoms with Crippen LogP contribution in [0.25, 0.3) is 0 Å². The Hall–Kier alpha value is -0.840. The van der Waals surface area contributed by atoms with E-state index in [0.29, 0.717) is 0 Å². The van der Waals surface area contributed by atoms with Gasteiger partial charge >= 0.3 is 0 Å². The molecule has 5 heteroatoms. The Morgan fingerprint density at radius 1 is 0.625 bits per heavy atom. The minimum Gasteiger partial charge on any atom is -0.356 e. The molecule has 0 aliphatic carbocycles. The molecule has 0 bridgehead atoms. The number of unbranched alkanes of at least 4 members (excludes halogenated alkanes) is 13. The quantitative estimate of drug-likeness (QED) is 0.160. The molecular formula is C19H42N2O3. The van der Waals surface area contributed by atoms with Crippen molar-refractivity contribution in [2.45, 2.75) is 96.8 Å². The Kier molecular flexibility index (Phi) is 19.6. The van der Waals surface area contributed by atoms with Gasteiger partial charge in [0.15, 0.2) is 0 Å². The average molecular weight is 347 g/mol. The van der Waals surface area contributed by atoms with Crippen LogP contribution in [0.4, 0.5) is 0 Å². The molecule has 5 nitrogen and oxygen atoms in total. The molecule has 0 fully saturated rings. The van der Waals surface area contributed by atoms with E-state index in [1.807, 2.05) is 0 Å². The lowest BCUT2D eigenvalue weighted by Crippen LogP contribution is -2.35. The summed E-state index contributed by atoms with van der Waals surface area (Å²) in [5.74, 6) is 0. The van der Waals surface area contributed by atoms with Crippen LogP contribution in [0.15, 0.2) is 0 Å². The summed E-state index contributed by atoms with van der Waals surface area (Å²) < 4.78 is 1.12. The first-order valence-electron chi connectivity index (χ1n) is 9.91. The van der Waals surface area contributed by atoms with Gasteiger partial charge in [0, 0.05) is 0 Å². The van der Waals surface area contributed by atoms with E-state index >= 15 is 0 Å². The second-order valence-corrected chi connectivity index (χ2v) is 7.83. The van der Waals surface area contributed by atoms with Gasteiger partial charge in [-0.25, -0.2) is 0 Å². The molecule has 0 saturated carbocycles. The van der Waals surface area contributed by atoms with Crippen molar-refractivity contribution in [3.8, 4) is 0 Å². The molecule has 0 unspecified atom stereocenters. The van der Waals surface area contributed by atoms with Gasteiger partial charge in [-0.15, -0.1) is 0 Å². The van der Waals surface area contributed by atoms with Gasteiger partial charge in [-0.1, -0.05) is 84.0 Å². The van der Waals surface area contributed by atoms with Crippen molar-refractivity contribution in [3.63, 3.8) is 0 Å². The zero-order valence-corrected chi connectivity index (χ0v) is 16.7. The number of quaternary nitrogens is 1. The van der Waals surface area contributed by atoms with Crippen LogP contribution in [0, 0.1) is 15.3 Å². The van der Waals surface area contributed by atoms with Crippen molar-refractivity contribution in [2.24, 2.45) is 0 Å². The van der Waals surface area contributed by atoms with Crippen LogP contribution in [0.3, 0.4) is 0 Å². The molecule has 0 N–H and O–H groups in total. The van der Waals surface area contributed by atoms with Crippen LogP contribution in [-0.4, -0.2) is 37.3 Å². The van der Waals surface area contributed by atoms with E-state index in [0.717, 1.165) is 4.48 Å². The van der Waals surface area contributed by atoms with Gasteiger partial charge in [0.1, 0.15) is 0 Å². The number of nitrogens with zero attached hydrogens (tertiary/aromatic N) is 2. The Labute approximate surface area is 150 Å². The molecule has 0 spiro atoms. The zero-order valence-electron chi connectivity index (χ0n) is 16.7. The fraction of sp³-hybridized carbons (Fsp3) is 1.00. The fourth-order valence-electron chi connectivity index (χ4n) is 2.78. The second-order valence-electron chi connectivity index (χ2n) is 7.83. The summed E-state index contributed by atoms with van der Waals surface area (Å²) in [6.07, 6.45) is 20.4.